The minimum absolute atomic E-state index is 0.0724. The zero-order valence-corrected chi connectivity index (χ0v) is 40.8. The Morgan fingerprint density at radius 3 is 1.45 bits per heavy atom. The van der Waals surface area contributed by atoms with Gasteiger partial charge >= 0.3 is 6.18 Å². The summed E-state index contributed by atoms with van der Waals surface area (Å²) in [5, 5.41) is 5.02. The molecule has 0 bridgehead atoms. The molecule has 0 aliphatic heterocycles. The van der Waals surface area contributed by atoms with Gasteiger partial charge in [-0.3, -0.25) is 19.9 Å². The number of fused-ring (bicyclic) bond motifs is 5. The number of nitrogens with two attached hydrogens (primary N) is 1. The van der Waals surface area contributed by atoms with Crippen LogP contribution in [0.4, 0.5) is 19.0 Å². The van der Waals surface area contributed by atoms with Gasteiger partial charge in [-0.15, -0.1) is 0 Å². The van der Waals surface area contributed by atoms with E-state index >= 15 is 0 Å². The molecule has 13 nitrogen and oxygen atoms in total. The first-order valence-corrected chi connectivity index (χ1v) is 21.9. The van der Waals surface area contributed by atoms with E-state index in [2.05, 4.69) is 24.9 Å². The van der Waals surface area contributed by atoms with Gasteiger partial charge in [0.2, 0.25) is 0 Å². The van der Waals surface area contributed by atoms with Crippen LogP contribution in [0.5, 0.6) is 40.2 Å². The number of alkyl halides is 3. The van der Waals surface area contributed by atoms with Crippen LogP contribution in [0.3, 0.4) is 0 Å². The lowest BCUT2D eigenvalue weighted by Crippen LogP contribution is -2.07. The van der Waals surface area contributed by atoms with Gasteiger partial charge in [-0.2, -0.15) is 13.2 Å². The molecule has 5 heterocycles. The van der Waals surface area contributed by atoms with Gasteiger partial charge in [-0.05, 0) is 91.9 Å². The van der Waals surface area contributed by atoms with Gasteiger partial charge in [0, 0.05) is 80.5 Å². The molecule has 2 N–H and O–H groups in total. The van der Waals surface area contributed by atoms with Crippen LogP contribution < -0.4 is 38.9 Å². The number of aryl methyl sites for hydroxylation is 1. The molecule has 5 aromatic heterocycles. The smallest absolute Gasteiger partial charge is 0.418 e. The number of nitrogen functional groups attached to an aromatic ring is 1. The third-order valence-corrected chi connectivity index (χ3v) is 10.8. The Balaban J connectivity index is 0.000000146. The molecule has 0 saturated heterocycles. The summed E-state index contributed by atoms with van der Waals surface area (Å²) in [5.74, 6) is 5.65. The number of halogens is 4. The largest absolute Gasteiger partial charge is 0.497 e. The van der Waals surface area contributed by atoms with Crippen molar-refractivity contribution in [3.8, 4) is 40.2 Å². The highest BCUT2D eigenvalue weighted by molar-refractivity contribution is 6.31. The van der Waals surface area contributed by atoms with Crippen molar-refractivity contribution < 1.29 is 46.3 Å². The Morgan fingerprint density at radius 2 is 0.901 bits per heavy atom. The van der Waals surface area contributed by atoms with E-state index in [-0.39, 0.29) is 5.52 Å². The SMILES string of the molecule is COc1cc(C)nc2c(C(F)(F)F)cccc12.COc1ccc2c(OC)cc(N)nc2c1.COc1ccc2c(OC)ccnc2c1.COc1ccnc2cc(Cl)ccc12.COc1ccnc2ccccc12. The molecule has 0 aliphatic rings. The number of methoxy groups -OCH3 is 7. The minimum atomic E-state index is -4.41. The number of rotatable bonds is 7. The van der Waals surface area contributed by atoms with Crippen molar-refractivity contribution in [2.75, 3.05) is 55.5 Å². The average Bonchev–Trinajstić information content (AvgIpc) is 3.39. The van der Waals surface area contributed by atoms with E-state index in [1.807, 2.05) is 97.1 Å². The lowest BCUT2D eigenvalue weighted by atomic mass is 10.1. The lowest BCUT2D eigenvalue weighted by molar-refractivity contribution is -0.136. The fraction of sp³-hybridized carbons (Fsp3) is 0.167. The molecule has 0 saturated carbocycles. The third-order valence-electron chi connectivity index (χ3n) is 10.5. The Hall–Kier alpha value is -8.37. The van der Waals surface area contributed by atoms with E-state index in [1.165, 1.54) is 13.2 Å². The molecule has 0 unspecified atom stereocenters. The van der Waals surface area contributed by atoms with Crippen LogP contribution in [-0.2, 0) is 6.18 Å². The van der Waals surface area contributed by atoms with Crippen LogP contribution in [0.25, 0.3) is 54.5 Å². The molecule has 71 heavy (non-hydrogen) atoms. The Bertz CT molecular complexity index is 3400. The maximum absolute atomic E-state index is 12.8. The molecule has 0 amide bonds. The second-order valence-electron chi connectivity index (χ2n) is 14.9. The van der Waals surface area contributed by atoms with E-state index in [9.17, 15) is 13.2 Å². The van der Waals surface area contributed by atoms with E-state index in [0.717, 1.165) is 84.2 Å². The summed E-state index contributed by atoms with van der Waals surface area (Å²) in [4.78, 5) is 20.8. The van der Waals surface area contributed by atoms with Gasteiger partial charge in [0.1, 0.15) is 46.1 Å². The van der Waals surface area contributed by atoms with Gasteiger partial charge in [-0.25, -0.2) is 4.98 Å². The van der Waals surface area contributed by atoms with E-state index in [0.29, 0.717) is 27.7 Å². The molecule has 0 radical (unpaired) electrons. The molecular weight excluding hydrogens is 937 g/mol. The highest BCUT2D eigenvalue weighted by atomic mass is 35.5. The first kappa shape index (κ1) is 52.0. The third kappa shape index (κ3) is 13.0. The minimum Gasteiger partial charge on any atom is -0.497 e. The summed E-state index contributed by atoms with van der Waals surface area (Å²) >= 11 is 5.83. The zero-order valence-electron chi connectivity index (χ0n) is 40.0. The fourth-order valence-electron chi connectivity index (χ4n) is 7.16. The number of anilines is 1. The number of hydrogen-bond acceptors (Lipinski definition) is 13. The Labute approximate surface area is 412 Å². The molecule has 17 heteroatoms. The predicted molar refractivity (Wildman–Crippen MR) is 274 cm³/mol. The topological polar surface area (TPSA) is 155 Å². The number of nitrogens with zero attached hydrogens (tertiary/aromatic N) is 5. The molecule has 0 aliphatic carbocycles. The van der Waals surface area contributed by atoms with Crippen LogP contribution in [0.15, 0.2) is 146 Å². The van der Waals surface area contributed by atoms with Crippen molar-refractivity contribution in [2.45, 2.75) is 13.1 Å². The normalized spacial score (nSPS) is 10.6. The van der Waals surface area contributed by atoms with Crippen molar-refractivity contribution in [3.63, 3.8) is 0 Å². The molecule has 0 atom stereocenters. The molecule has 10 aromatic rings. The van der Waals surface area contributed by atoms with E-state index < -0.39 is 11.7 Å². The number of aromatic nitrogens is 5. The van der Waals surface area contributed by atoms with Crippen LogP contribution in [0.1, 0.15) is 11.3 Å². The summed E-state index contributed by atoms with van der Waals surface area (Å²) in [6.45, 7) is 1.63. The molecule has 0 fully saturated rings. The van der Waals surface area contributed by atoms with Crippen LogP contribution >= 0.6 is 11.6 Å². The van der Waals surface area contributed by atoms with Gasteiger partial charge in [0.25, 0.3) is 0 Å². The number of benzene rings is 5. The second kappa shape index (κ2) is 24.3. The van der Waals surface area contributed by atoms with Gasteiger partial charge in [-0.1, -0.05) is 29.8 Å². The fourth-order valence-corrected chi connectivity index (χ4v) is 7.32. The highest BCUT2D eigenvalue weighted by Gasteiger charge is 2.33. The van der Waals surface area contributed by atoms with Crippen LogP contribution in [0.2, 0.25) is 5.02 Å². The lowest BCUT2D eigenvalue weighted by Gasteiger charge is -2.12. The summed E-state index contributed by atoms with van der Waals surface area (Å²) < 4.78 is 74.5. The first-order valence-electron chi connectivity index (χ1n) is 21.5. The van der Waals surface area contributed by atoms with Crippen molar-refractivity contribution in [2.24, 2.45) is 0 Å². The number of ether oxygens (including phenoxy) is 7. The van der Waals surface area contributed by atoms with Gasteiger partial charge in [0.05, 0.1) is 82.9 Å². The van der Waals surface area contributed by atoms with E-state index in [1.54, 1.807) is 86.4 Å². The summed E-state index contributed by atoms with van der Waals surface area (Å²) in [5.41, 5.74) is 8.81. The summed E-state index contributed by atoms with van der Waals surface area (Å²) in [6.07, 6.45) is 0.768. The summed E-state index contributed by atoms with van der Waals surface area (Å²) in [6, 6.07) is 37.6. The van der Waals surface area contributed by atoms with Crippen molar-refractivity contribution in [3.05, 3.63) is 162 Å². The standard InChI is InChI=1S/C12H10F3NO.C11H12N2O2.C11H11NO2.C10H8ClNO.C10H9NO/c1-7-6-10(17-2)8-4-3-5-9(11(8)16-7)12(13,14)15;1-14-7-3-4-8-9(5-7)13-11(12)6-10(8)15-2;1-13-8-3-4-9-10(7-8)12-6-5-11(9)14-2;1-13-10-4-5-12-9-6-7(11)2-3-8(9)10;1-12-10-6-7-11-9-5-3-2-4-8(9)10/h3-6H,1-2H3;3-6H,1-2H3,(H2,12,13);3-7H,1-2H3;2-6H,1H3;2-7H,1H3. The molecule has 5 aromatic carbocycles. The van der Waals surface area contributed by atoms with Gasteiger partial charge in [0.15, 0.2) is 0 Å². The van der Waals surface area contributed by atoms with Crippen LogP contribution in [-0.4, -0.2) is 74.7 Å². The maximum Gasteiger partial charge on any atom is 0.418 e. The first-order chi connectivity index (χ1) is 34.2. The molecule has 0 spiro atoms. The van der Waals surface area contributed by atoms with Crippen LogP contribution in [0, 0.1) is 6.92 Å². The monoisotopic (exact) mass is 986 g/mol. The maximum atomic E-state index is 12.8. The number of pyridine rings is 5. The molecule has 10 rings (SSSR count). The quantitative estimate of drug-likeness (QED) is 0.161. The molecule has 366 valence electrons. The highest BCUT2D eigenvalue weighted by Crippen LogP contribution is 2.37. The Morgan fingerprint density at radius 1 is 0.437 bits per heavy atom. The zero-order chi connectivity index (χ0) is 51.1. The molecular formula is C54H50ClF3N6O7. The number of hydrogen-bond donors (Lipinski definition) is 1. The summed E-state index contributed by atoms with van der Waals surface area (Å²) in [7, 11) is 11.3. The van der Waals surface area contributed by atoms with Crippen molar-refractivity contribution in [1.82, 2.24) is 24.9 Å². The average molecular weight is 987 g/mol. The number of para-hydroxylation sites is 2. The van der Waals surface area contributed by atoms with E-state index in [4.69, 9.17) is 50.5 Å². The second-order valence-corrected chi connectivity index (χ2v) is 15.3. The van der Waals surface area contributed by atoms with Gasteiger partial charge < -0.3 is 38.9 Å². The Kier molecular flexibility index (Phi) is 17.8. The predicted octanol–water partition coefficient (Wildman–Crippen LogP) is 12.8. The van der Waals surface area contributed by atoms with Crippen molar-refractivity contribution in [1.29, 1.82) is 0 Å². The van der Waals surface area contributed by atoms with Crippen molar-refractivity contribution >= 4 is 71.9 Å².